The minimum Gasteiger partial charge on any atom is -0.371 e. The molecule has 0 amide bonds. The maximum absolute atomic E-state index is 5.90. The Morgan fingerprint density at radius 1 is 1.50 bits per heavy atom. The molecular formula is C12H23N5O. The molecule has 0 aliphatic carbocycles. The lowest BCUT2D eigenvalue weighted by Gasteiger charge is -2.29. The lowest BCUT2D eigenvalue weighted by Crippen LogP contribution is -2.40. The maximum Gasteiger partial charge on any atom is 0.244 e. The molecule has 2 heterocycles. The van der Waals surface area contributed by atoms with E-state index in [1.165, 1.54) is 0 Å². The van der Waals surface area contributed by atoms with Gasteiger partial charge in [0.15, 0.2) is 5.82 Å². The summed E-state index contributed by atoms with van der Waals surface area (Å²) in [6, 6.07) is 0.319. The van der Waals surface area contributed by atoms with E-state index in [9.17, 15) is 0 Å². The van der Waals surface area contributed by atoms with E-state index in [-0.39, 0.29) is 0 Å². The van der Waals surface area contributed by atoms with Crippen molar-refractivity contribution in [2.75, 3.05) is 25.1 Å². The molecule has 1 aromatic rings. The molecule has 1 aliphatic heterocycles. The molecule has 18 heavy (non-hydrogen) atoms. The van der Waals surface area contributed by atoms with Crippen molar-refractivity contribution in [1.29, 1.82) is 0 Å². The average molecular weight is 253 g/mol. The number of nitrogens with two attached hydrogens (primary N) is 1. The van der Waals surface area contributed by atoms with Crippen LogP contribution >= 0.6 is 0 Å². The number of ether oxygens (including phenoxy) is 1. The van der Waals surface area contributed by atoms with Gasteiger partial charge in [-0.1, -0.05) is 6.92 Å². The molecule has 0 aromatic carbocycles. The predicted octanol–water partition coefficient (Wildman–Crippen LogP) is 1.00. The number of nitrogens with one attached hydrogen (secondary N) is 1. The van der Waals surface area contributed by atoms with Crippen LogP contribution in [0.1, 0.15) is 38.9 Å². The summed E-state index contributed by atoms with van der Waals surface area (Å²) < 4.78 is 5.52. The van der Waals surface area contributed by atoms with Crippen molar-refractivity contribution in [1.82, 2.24) is 15.2 Å². The predicted molar refractivity (Wildman–Crippen MR) is 70.5 cm³/mol. The van der Waals surface area contributed by atoms with Crippen molar-refractivity contribution in [2.45, 2.75) is 44.8 Å². The van der Waals surface area contributed by atoms with Crippen LogP contribution in [0.3, 0.4) is 0 Å². The third-order valence-electron chi connectivity index (χ3n) is 3.92. The van der Waals surface area contributed by atoms with E-state index >= 15 is 0 Å². The van der Waals surface area contributed by atoms with Crippen molar-refractivity contribution < 1.29 is 4.74 Å². The van der Waals surface area contributed by atoms with Crippen molar-refractivity contribution in [3.05, 3.63) is 5.82 Å². The van der Waals surface area contributed by atoms with E-state index in [1.807, 2.05) is 6.92 Å². The third kappa shape index (κ3) is 2.49. The van der Waals surface area contributed by atoms with Gasteiger partial charge >= 0.3 is 0 Å². The maximum atomic E-state index is 5.90. The lowest BCUT2D eigenvalue weighted by atomic mass is 10.0. The molecule has 1 saturated heterocycles. The molecule has 1 aliphatic rings. The Morgan fingerprint density at radius 3 is 2.72 bits per heavy atom. The summed E-state index contributed by atoms with van der Waals surface area (Å²) in [4.78, 5) is 6.74. The molecule has 0 saturated carbocycles. The molecule has 1 atom stereocenters. The minimum absolute atomic E-state index is 0.319. The highest BCUT2D eigenvalue weighted by atomic mass is 16.5. The van der Waals surface area contributed by atoms with Crippen LogP contribution in [0.25, 0.3) is 0 Å². The molecule has 6 nitrogen and oxygen atoms in total. The van der Waals surface area contributed by atoms with Gasteiger partial charge in [-0.2, -0.15) is 4.98 Å². The fourth-order valence-corrected chi connectivity index (χ4v) is 2.14. The van der Waals surface area contributed by atoms with Crippen LogP contribution in [0.5, 0.6) is 0 Å². The Kier molecular flexibility index (Phi) is 3.87. The summed E-state index contributed by atoms with van der Waals surface area (Å²) in [5.74, 6) is 1.55. The zero-order valence-electron chi connectivity index (χ0n) is 11.4. The number of H-pyrrole nitrogens is 1. The number of hydrogen-bond acceptors (Lipinski definition) is 5. The van der Waals surface area contributed by atoms with Gasteiger partial charge in [0.25, 0.3) is 0 Å². The summed E-state index contributed by atoms with van der Waals surface area (Å²) in [5, 5.41) is 7.29. The Balaban J connectivity index is 2.10. The summed E-state index contributed by atoms with van der Waals surface area (Å²) in [6.07, 6.45) is 2.85. The molecule has 1 unspecified atom stereocenters. The number of piperidine rings is 1. The van der Waals surface area contributed by atoms with Crippen LogP contribution in [-0.2, 0) is 10.3 Å². The van der Waals surface area contributed by atoms with Crippen LogP contribution in [-0.4, -0.2) is 41.4 Å². The van der Waals surface area contributed by atoms with Crippen molar-refractivity contribution >= 4 is 5.95 Å². The number of rotatable bonds is 4. The largest absolute Gasteiger partial charge is 0.371 e. The van der Waals surface area contributed by atoms with Crippen LogP contribution in [0.15, 0.2) is 0 Å². The molecular weight excluding hydrogens is 230 g/mol. The lowest BCUT2D eigenvalue weighted by molar-refractivity contribution is -0.00865. The highest BCUT2D eigenvalue weighted by Gasteiger charge is 2.29. The highest BCUT2D eigenvalue weighted by Crippen LogP contribution is 2.26. The molecule has 0 bridgehead atoms. The first kappa shape index (κ1) is 13.3. The Bertz CT molecular complexity index is 380. The Morgan fingerprint density at radius 2 is 2.17 bits per heavy atom. The van der Waals surface area contributed by atoms with Crippen LogP contribution < -0.4 is 10.6 Å². The second kappa shape index (κ2) is 5.24. The molecule has 1 fully saturated rings. The van der Waals surface area contributed by atoms with Gasteiger partial charge in [-0.25, -0.2) is 0 Å². The second-order valence-electron chi connectivity index (χ2n) is 5.10. The fraction of sp³-hybridized carbons (Fsp3) is 0.833. The van der Waals surface area contributed by atoms with Gasteiger partial charge in [-0.05, 0) is 26.2 Å². The molecule has 0 radical (unpaired) electrons. The monoisotopic (exact) mass is 253 g/mol. The molecule has 102 valence electrons. The van der Waals surface area contributed by atoms with Gasteiger partial charge in [0, 0.05) is 26.2 Å². The van der Waals surface area contributed by atoms with E-state index in [1.54, 1.807) is 7.11 Å². The standard InChI is InChI=1S/C12H23N5O/c1-4-12(2,18-3)10-14-11(16-15-10)17-7-5-9(13)6-8-17/h9H,4-8,13H2,1-3H3,(H,14,15,16). The van der Waals surface area contributed by atoms with Crippen LogP contribution in [0.2, 0.25) is 0 Å². The minimum atomic E-state index is -0.391. The van der Waals surface area contributed by atoms with Gasteiger partial charge in [0.1, 0.15) is 5.60 Å². The van der Waals surface area contributed by atoms with Gasteiger partial charge in [-0.15, -0.1) is 5.10 Å². The first-order valence-electron chi connectivity index (χ1n) is 6.57. The summed E-state index contributed by atoms with van der Waals surface area (Å²) in [6.45, 7) is 5.94. The summed E-state index contributed by atoms with van der Waals surface area (Å²) in [5.41, 5.74) is 5.51. The first-order valence-corrected chi connectivity index (χ1v) is 6.57. The van der Waals surface area contributed by atoms with Crippen molar-refractivity contribution in [3.63, 3.8) is 0 Å². The number of aromatic amines is 1. The zero-order valence-corrected chi connectivity index (χ0v) is 11.4. The molecule has 1 aromatic heterocycles. The van der Waals surface area contributed by atoms with Gasteiger partial charge < -0.3 is 15.4 Å². The quantitative estimate of drug-likeness (QED) is 0.837. The smallest absolute Gasteiger partial charge is 0.244 e. The van der Waals surface area contributed by atoms with Gasteiger partial charge in [0.2, 0.25) is 5.95 Å². The fourth-order valence-electron chi connectivity index (χ4n) is 2.14. The number of anilines is 1. The number of nitrogens with zero attached hydrogens (tertiary/aromatic N) is 3. The number of hydrogen-bond donors (Lipinski definition) is 2. The van der Waals surface area contributed by atoms with Crippen molar-refractivity contribution in [3.8, 4) is 0 Å². The molecule has 0 spiro atoms. The topological polar surface area (TPSA) is 80.1 Å². The van der Waals surface area contributed by atoms with Crippen LogP contribution in [0.4, 0.5) is 5.95 Å². The van der Waals surface area contributed by atoms with Gasteiger partial charge in [0.05, 0.1) is 0 Å². The number of aromatic nitrogens is 3. The molecule has 3 N–H and O–H groups in total. The van der Waals surface area contributed by atoms with Crippen molar-refractivity contribution in [2.24, 2.45) is 5.73 Å². The van der Waals surface area contributed by atoms with Gasteiger partial charge in [-0.3, -0.25) is 5.10 Å². The Labute approximate surface area is 108 Å². The summed E-state index contributed by atoms with van der Waals surface area (Å²) >= 11 is 0. The second-order valence-corrected chi connectivity index (χ2v) is 5.10. The normalized spacial score (nSPS) is 21.0. The summed E-state index contributed by atoms with van der Waals surface area (Å²) in [7, 11) is 1.70. The first-order chi connectivity index (χ1) is 8.59. The molecule has 6 heteroatoms. The Hall–Kier alpha value is -1.14. The highest BCUT2D eigenvalue weighted by molar-refractivity contribution is 5.30. The number of methoxy groups -OCH3 is 1. The van der Waals surface area contributed by atoms with E-state index in [0.29, 0.717) is 6.04 Å². The SMILES string of the molecule is CCC(C)(OC)c1nc(N2CCC(N)CC2)n[nH]1. The third-order valence-corrected chi connectivity index (χ3v) is 3.92. The van der Waals surface area contributed by atoms with E-state index in [4.69, 9.17) is 10.5 Å². The average Bonchev–Trinajstić information content (AvgIpc) is 2.89. The molecule has 2 rings (SSSR count). The van der Waals surface area contributed by atoms with E-state index < -0.39 is 5.60 Å². The zero-order chi connectivity index (χ0) is 13.2. The van der Waals surface area contributed by atoms with Crippen LogP contribution in [0, 0.1) is 0 Å². The van der Waals surface area contributed by atoms with E-state index in [0.717, 1.165) is 44.1 Å². The van der Waals surface area contributed by atoms with E-state index in [2.05, 4.69) is 27.0 Å².